The molecule has 3 rings (SSSR count). The molecule has 0 fully saturated rings. The summed E-state index contributed by atoms with van der Waals surface area (Å²) in [6.07, 6.45) is 1.56. The van der Waals surface area contributed by atoms with Crippen LogP contribution in [-0.2, 0) is 9.53 Å². The second-order valence-electron chi connectivity index (χ2n) is 5.60. The zero-order valence-electron chi connectivity index (χ0n) is 13.7. The fourth-order valence-corrected chi connectivity index (χ4v) is 2.24. The zero-order chi connectivity index (χ0) is 17.8. The number of para-hydroxylation sites is 1. The molecule has 0 saturated heterocycles. The summed E-state index contributed by atoms with van der Waals surface area (Å²) < 4.78 is 24.6. The Morgan fingerprint density at radius 2 is 1.96 bits per heavy atom. The number of esters is 1. The number of rotatable bonds is 5. The van der Waals surface area contributed by atoms with Gasteiger partial charge in [-0.05, 0) is 36.8 Å². The van der Waals surface area contributed by atoms with Crippen LogP contribution in [0.15, 0.2) is 71.4 Å². The van der Waals surface area contributed by atoms with Gasteiger partial charge in [-0.2, -0.15) is 0 Å². The number of carbonyl (C=O) groups excluding carboxylic acids is 1. The molecule has 5 heteroatoms. The third kappa shape index (κ3) is 3.83. The SMILES string of the molecule is C=C(C)COc1ccccc1C=C1N=C(c2ccccc2F)OC1=O. The number of aliphatic imine (C=N–C) groups is 1. The number of benzene rings is 2. The summed E-state index contributed by atoms with van der Waals surface area (Å²) in [4.78, 5) is 16.2. The number of halogens is 1. The van der Waals surface area contributed by atoms with Crippen LogP contribution in [-0.4, -0.2) is 18.5 Å². The molecule has 0 bridgehead atoms. The molecule has 126 valence electrons. The van der Waals surface area contributed by atoms with Crippen molar-refractivity contribution in [3.05, 3.63) is 83.3 Å². The molecular weight excluding hydrogens is 321 g/mol. The molecule has 0 spiro atoms. The monoisotopic (exact) mass is 337 g/mol. The highest BCUT2D eigenvalue weighted by molar-refractivity contribution is 6.13. The summed E-state index contributed by atoms with van der Waals surface area (Å²) in [7, 11) is 0. The van der Waals surface area contributed by atoms with Crippen LogP contribution in [0, 0.1) is 5.82 Å². The maximum Gasteiger partial charge on any atom is 0.363 e. The van der Waals surface area contributed by atoms with Crippen LogP contribution in [0.4, 0.5) is 4.39 Å². The highest BCUT2D eigenvalue weighted by Crippen LogP contribution is 2.25. The highest BCUT2D eigenvalue weighted by Gasteiger charge is 2.26. The van der Waals surface area contributed by atoms with Crippen molar-refractivity contribution in [2.45, 2.75) is 6.92 Å². The van der Waals surface area contributed by atoms with Crippen LogP contribution in [0.25, 0.3) is 6.08 Å². The van der Waals surface area contributed by atoms with E-state index in [2.05, 4.69) is 11.6 Å². The van der Waals surface area contributed by atoms with E-state index in [4.69, 9.17) is 9.47 Å². The normalized spacial score (nSPS) is 15.0. The van der Waals surface area contributed by atoms with Crippen LogP contribution in [0.2, 0.25) is 0 Å². The molecule has 1 aliphatic heterocycles. The number of hydrogen-bond donors (Lipinski definition) is 0. The lowest BCUT2D eigenvalue weighted by Crippen LogP contribution is -2.07. The number of cyclic esters (lactones) is 1. The van der Waals surface area contributed by atoms with Crippen LogP contribution in [0.3, 0.4) is 0 Å². The van der Waals surface area contributed by atoms with E-state index >= 15 is 0 Å². The molecule has 25 heavy (non-hydrogen) atoms. The molecule has 1 aliphatic rings. The van der Waals surface area contributed by atoms with Crippen molar-refractivity contribution in [3.8, 4) is 5.75 Å². The molecule has 2 aromatic carbocycles. The topological polar surface area (TPSA) is 47.9 Å². The van der Waals surface area contributed by atoms with Crippen LogP contribution < -0.4 is 4.74 Å². The van der Waals surface area contributed by atoms with Crippen molar-refractivity contribution >= 4 is 17.9 Å². The van der Waals surface area contributed by atoms with Crippen molar-refractivity contribution < 1.29 is 18.7 Å². The largest absolute Gasteiger partial charge is 0.489 e. The van der Waals surface area contributed by atoms with Crippen molar-refractivity contribution in [2.24, 2.45) is 4.99 Å². The van der Waals surface area contributed by atoms with Gasteiger partial charge in [-0.3, -0.25) is 0 Å². The second kappa shape index (κ2) is 7.13. The fourth-order valence-electron chi connectivity index (χ4n) is 2.24. The zero-order valence-corrected chi connectivity index (χ0v) is 13.7. The van der Waals surface area contributed by atoms with Crippen LogP contribution >= 0.6 is 0 Å². The molecule has 0 amide bonds. The van der Waals surface area contributed by atoms with Crippen molar-refractivity contribution in [3.63, 3.8) is 0 Å². The third-order valence-electron chi connectivity index (χ3n) is 3.41. The predicted octanol–water partition coefficient (Wildman–Crippen LogP) is 4.13. The van der Waals surface area contributed by atoms with Gasteiger partial charge in [0.15, 0.2) is 5.70 Å². The minimum Gasteiger partial charge on any atom is -0.489 e. The number of hydrogen-bond acceptors (Lipinski definition) is 4. The van der Waals surface area contributed by atoms with Gasteiger partial charge >= 0.3 is 5.97 Å². The van der Waals surface area contributed by atoms with Gasteiger partial charge < -0.3 is 9.47 Å². The average molecular weight is 337 g/mol. The summed E-state index contributed by atoms with van der Waals surface area (Å²) in [5.74, 6) is -0.580. The average Bonchev–Trinajstić information content (AvgIpc) is 2.95. The summed E-state index contributed by atoms with van der Waals surface area (Å²) in [5.41, 5.74) is 1.78. The first-order valence-corrected chi connectivity index (χ1v) is 7.68. The first-order valence-electron chi connectivity index (χ1n) is 7.68. The molecule has 0 radical (unpaired) electrons. The van der Waals surface area contributed by atoms with Gasteiger partial charge in [-0.25, -0.2) is 14.2 Å². The minimum atomic E-state index is -0.632. The Balaban J connectivity index is 1.93. The molecule has 0 atom stereocenters. The van der Waals surface area contributed by atoms with E-state index in [0.29, 0.717) is 17.9 Å². The van der Waals surface area contributed by atoms with E-state index in [9.17, 15) is 9.18 Å². The molecule has 0 N–H and O–H groups in total. The van der Waals surface area contributed by atoms with Gasteiger partial charge in [-0.1, -0.05) is 36.9 Å². The molecule has 1 heterocycles. The molecule has 0 unspecified atom stereocenters. The lowest BCUT2D eigenvalue weighted by Gasteiger charge is -2.08. The molecule has 0 saturated carbocycles. The lowest BCUT2D eigenvalue weighted by atomic mass is 10.1. The number of ether oxygens (including phenoxy) is 2. The summed E-state index contributed by atoms with van der Waals surface area (Å²) in [6, 6.07) is 13.2. The summed E-state index contributed by atoms with van der Waals surface area (Å²) >= 11 is 0. The lowest BCUT2D eigenvalue weighted by molar-refractivity contribution is -0.129. The Morgan fingerprint density at radius 3 is 2.72 bits per heavy atom. The fraction of sp³-hybridized carbons (Fsp3) is 0.100. The Bertz CT molecular complexity index is 899. The van der Waals surface area contributed by atoms with E-state index in [-0.39, 0.29) is 17.2 Å². The first kappa shape index (κ1) is 16.6. The maximum absolute atomic E-state index is 13.8. The number of nitrogens with zero attached hydrogens (tertiary/aromatic N) is 1. The highest BCUT2D eigenvalue weighted by atomic mass is 19.1. The van der Waals surface area contributed by atoms with Gasteiger partial charge in [0.05, 0.1) is 5.56 Å². The summed E-state index contributed by atoms with van der Waals surface area (Å²) in [6.45, 7) is 6.03. The predicted molar refractivity (Wildman–Crippen MR) is 93.8 cm³/mol. The van der Waals surface area contributed by atoms with Gasteiger partial charge in [0.2, 0.25) is 5.90 Å². The van der Waals surface area contributed by atoms with Gasteiger partial charge in [0.1, 0.15) is 18.2 Å². The van der Waals surface area contributed by atoms with Crippen molar-refractivity contribution in [1.29, 1.82) is 0 Å². The van der Waals surface area contributed by atoms with Gasteiger partial charge in [0.25, 0.3) is 0 Å². The molecular formula is C20H16FNO3. The quantitative estimate of drug-likeness (QED) is 0.468. The Morgan fingerprint density at radius 1 is 1.24 bits per heavy atom. The molecule has 0 aliphatic carbocycles. The van der Waals surface area contributed by atoms with E-state index in [1.807, 2.05) is 19.1 Å². The van der Waals surface area contributed by atoms with E-state index < -0.39 is 11.8 Å². The first-order chi connectivity index (χ1) is 12.0. The smallest absolute Gasteiger partial charge is 0.363 e. The van der Waals surface area contributed by atoms with Crippen molar-refractivity contribution in [1.82, 2.24) is 0 Å². The van der Waals surface area contributed by atoms with Crippen molar-refractivity contribution in [2.75, 3.05) is 6.61 Å². The maximum atomic E-state index is 13.8. The Kier molecular flexibility index (Phi) is 4.75. The Labute approximate surface area is 144 Å². The van der Waals surface area contributed by atoms with Crippen LogP contribution in [0.5, 0.6) is 5.75 Å². The third-order valence-corrected chi connectivity index (χ3v) is 3.41. The summed E-state index contributed by atoms with van der Waals surface area (Å²) in [5, 5.41) is 0. The van der Waals surface area contributed by atoms with E-state index in [1.54, 1.807) is 30.3 Å². The van der Waals surface area contributed by atoms with Gasteiger partial charge in [-0.15, -0.1) is 0 Å². The van der Waals surface area contributed by atoms with E-state index in [1.165, 1.54) is 12.1 Å². The minimum absolute atomic E-state index is 0.0466. The van der Waals surface area contributed by atoms with E-state index in [0.717, 1.165) is 5.57 Å². The number of carbonyl (C=O) groups is 1. The second-order valence-corrected chi connectivity index (χ2v) is 5.60. The van der Waals surface area contributed by atoms with Crippen LogP contribution in [0.1, 0.15) is 18.1 Å². The standard InChI is InChI=1S/C20H16FNO3/c1-13(2)12-24-18-10-6-3-7-14(18)11-17-20(23)25-19(22-17)15-8-4-5-9-16(15)21/h3-11H,1,12H2,2H3. The Hall–Kier alpha value is -3.21. The molecule has 2 aromatic rings. The molecule has 4 nitrogen and oxygen atoms in total. The van der Waals surface area contributed by atoms with Gasteiger partial charge in [0, 0.05) is 5.56 Å². The molecule has 0 aromatic heterocycles.